The van der Waals surface area contributed by atoms with Gasteiger partial charge in [-0.2, -0.15) is 0 Å². The van der Waals surface area contributed by atoms with Crippen molar-refractivity contribution in [3.05, 3.63) is 24.3 Å². The first-order valence-corrected chi connectivity index (χ1v) is 5.83. The molecule has 5 heteroatoms. The van der Waals surface area contributed by atoms with Crippen molar-refractivity contribution in [3.63, 3.8) is 0 Å². The number of hydrogen-bond acceptors (Lipinski definition) is 3. The normalized spacial score (nSPS) is 23.8. The molecule has 1 aliphatic rings. The molecule has 1 saturated heterocycles. The molecule has 1 N–H and O–H groups in total. The molecule has 1 heterocycles. The molecule has 18 heavy (non-hydrogen) atoms. The van der Waals surface area contributed by atoms with Gasteiger partial charge in [-0.3, -0.25) is 4.79 Å². The van der Waals surface area contributed by atoms with Crippen molar-refractivity contribution in [2.45, 2.75) is 19.9 Å². The zero-order valence-electron chi connectivity index (χ0n) is 10.6. The molecule has 2 atom stereocenters. The van der Waals surface area contributed by atoms with Crippen molar-refractivity contribution in [3.8, 4) is 5.75 Å². The van der Waals surface area contributed by atoms with Crippen molar-refractivity contribution in [2.24, 2.45) is 5.92 Å². The highest BCUT2D eigenvalue weighted by Gasteiger charge is 2.37. The quantitative estimate of drug-likeness (QED) is 0.867. The van der Waals surface area contributed by atoms with Gasteiger partial charge in [-0.05, 0) is 19.1 Å². The van der Waals surface area contributed by atoms with Gasteiger partial charge in [0.2, 0.25) is 5.91 Å². The van der Waals surface area contributed by atoms with Crippen molar-refractivity contribution >= 4 is 17.6 Å². The van der Waals surface area contributed by atoms with E-state index in [2.05, 4.69) is 5.32 Å². The number of ether oxygens (including phenoxy) is 1. The van der Waals surface area contributed by atoms with Crippen LogP contribution in [-0.2, 0) is 4.79 Å². The zero-order chi connectivity index (χ0) is 13.3. The number of hydrogen-bond donors (Lipinski definition) is 1. The molecule has 1 aliphatic heterocycles. The lowest BCUT2D eigenvalue weighted by Gasteiger charge is -2.34. The number of carbonyl (C=O) groups excluding carboxylic acids is 2. The molecular formula is C13H16N2O3. The summed E-state index contributed by atoms with van der Waals surface area (Å²) in [5.74, 6) is 0.174. The first-order valence-electron chi connectivity index (χ1n) is 5.83. The van der Waals surface area contributed by atoms with Gasteiger partial charge in [0.15, 0.2) is 0 Å². The standard InChI is InChI=1S/C13H16N2O3/c1-8-9(2)14-13(17)15(12(8)16)10-5-4-6-11(7-10)18-3/h4-9H,1-3H3,(H,14,17). The van der Waals surface area contributed by atoms with Crippen LogP contribution in [-0.4, -0.2) is 25.1 Å². The minimum atomic E-state index is -0.390. The Hall–Kier alpha value is -2.04. The third-order valence-electron chi connectivity index (χ3n) is 3.23. The molecule has 0 bridgehead atoms. The van der Waals surface area contributed by atoms with Crippen molar-refractivity contribution < 1.29 is 14.3 Å². The maximum Gasteiger partial charge on any atom is 0.328 e. The third-order valence-corrected chi connectivity index (χ3v) is 3.23. The summed E-state index contributed by atoms with van der Waals surface area (Å²) in [5, 5.41) is 2.77. The van der Waals surface area contributed by atoms with Gasteiger partial charge in [-0.15, -0.1) is 0 Å². The summed E-state index contributed by atoms with van der Waals surface area (Å²) in [6, 6.07) is 6.35. The number of benzene rings is 1. The van der Waals surface area contributed by atoms with Crippen LogP contribution in [0, 0.1) is 5.92 Å². The van der Waals surface area contributed by atoms with Gasteiger partial charge >= 0.3 is 6.03 Å². The van der Waals surface area contributed by atoms with Crippen LogP contribution in [0.25, 0.3) is 0 Å². The second kappa shape index (κ2) is 4.68. The number of imide groups is 1. The number of methoxy groups -OCH3 is 1. The van der Waals surface area contributed by atoms with E-state index in [9.17, 15) is 9.59 Å². The van der Waals surface area contributed by atoms with E-state index in [1.54, 1.807) is 38.3 Å². The second-order valence-corrected chi connectivity index (χ2v) is 4.40. The van der Waals surface area contributed by atoms with Crippen LogP contribution in [0.4, 0.5) is 10.5 Å². The largest absolute Gasteiger partial charge is 0.497 e. The molecule has 1 aromatic rings. The van der Waals surface area contributed by atoms with Gasteiger partial charge in [-0.25, -0.2) is 9.69 Å². The number of rotatable bonds is 2. The molecule has 0 radical (unpaired) electrons. The van der Waals surface area contributed by atoms with Gasteiger partial charge in [0.25, 0.3) is 0 Å². The fourth-order valence-corrected chi connectivity index (χ4v) is 1.90. The van der Waals surface area contributed by atoms with E-state index in [1.165, 1.54) is 0 Å². The molecule has 0 spiro atoms. The van der Waals surface area contributed by atoms with E-state index in [0.29, 0.717) is 11.4 Å². The van der Waals surface area contributed by atoms with Gasteiger partial charge in [0.05, 0.1) is 18.7 Å². The number of amides is 3. The Bertz CT molecular complexity index is 487. The monoisotopic (exact) mass is 248 g/mol. The fraction of sp³-hybridized carbons (Fsp3) is 0.385. The number of nitrogens with zero attached hydrogens (tertiary/aromatic N) is 1. The molecule has 2 rings (SSSR count). The lowest BCUT2D eigenvalue weighted by Crippen LogP contribution is -2.58. The average molecular weight is 248 g/mol. The summed E-state index contributed by atoms with van der Waals surface area (Å²) < 4.78 is 5.09. The lowest BCUT2D eigenvalue weighted by molar-refractivity contribution is -0.122. The molecule has 5 nitrogen and oxygen atoms in total. The number of nitrogens with one attached hydrogen (secondary N) is 1. The topological polar surface area (TPSA) is 58.6 Å². The van der Waals surface area contributed by atoms with E-state index in [-0.39, 0.29) is 23.9 Å². The van der Waals surface area contributed by atoms with Crippen molar-refractivity contribution in [1.29, 1.82) is 0 Å². The summed E-state index contributed by atoms with van der Waals surface area (Å²) in [5.41, 5.74) is 0.524. The minimum Gasteiger partial charge on any atom is -0.497 e. The summed E-state index contributed by atoms with van der Waals surface area (Å²) >= 11 is 0. The van der Waals surface area contributed by atoms with Crippen LogP contribution in [0.2, 0.25) is 0 Å². The first kappa shape index (κ1) is 12.4. The van der Waals surface area contributed by atoms with Crippen LogP contribution in [0.1, 0.15) is 13.8 Å². The van der Waals surface area contributed by atoms with Crippen LogP contribution in [0.15, 0.2) is 24.3 Å². The van der Waals surface area contributed by atoms with Gasteiger partial charge < -0.3 is 10.1 Å². The molecule has 0 aliphatic carbocycles. The van der Waals surface area contributed by atoms with Gasteiger partial charge in [-0.1, -0.05) is 13.0 Å². The third kappa shape index (κ3) is 2.03. The van der Waals surface area contributed by atoms with Gasteiger partial charge in [0.1, 0.15) is 5.75 Å². The van der Waals surface area contributed by atoms with Crippen LogP contribution in [0.3, 0.4) is 0 Å². The minimum absolute atomic E-state index is 0.146. The molecule has 0 aromatic heterocycles. The first-order chi connectivity index (χ1) is 8.54. The molecule has 1 aromatic carbocycles. The van der Waals surface area contributed by atoms with E-state index in [1.807, 2.05) is 6.92 Å². The number of carbonyl (C=O) groups is 2. The summed E-state index contributed by atoms with van der Waals surface area (Å²) in [6.07, 6.45) is 0. The molecular weight excluding hydrogens is 232 g/mol. The van der Waals surface area contributed by atoms with Crippen LogP contribution >= 0.6 is 0 Å². The maximum atomic E-state index is 12.2. The van der Waals surface area contributed by atoms with Crippen LogP contribution < -0.4 is 15.0 Å². The predicted octanol–water partition coefficient (Wildman–Crippen LogP) is 1.78. The molecule has 1 fully saturated rings. The maximum absolute atomic E-state index is 12.2. The lowest BCUT2D eigenvalue weighted by atomic mass is 9.99. The molecule has 96 valence electrons. The summed E-state index contributed by atoms with van der Waals surface area (Å²) in [6.45, 7) is 3.63. The number of anilines is 1. The van der Waals surface area contributed by atoms with E-state index in [0.717, 1.165) is 4.90 Å². The Morgan fingerprint density at radius 1 is 1.28 bits per heavy atom. The SMILES string of the molecule is COc1cccc(N2C(=O)NC(C)C(C)C2=O)c1. The molecule has 0 saturated carbocycles. The Morgan fingerprint density at radius 2 is 2.00 bits per heavy atom. The smallest absolute Gasteiger partial charge is 0.328 e. The van der Waals surface area contributed by atoms with Gasteiger partial charge in [0, 0.05) is 12.1 Å². The summed E-state index contributed by atoms with van der Waals surface area (Å²) in [4.78, 5) is 25.2. The Labute approximate surface area is 106 Å². The van der Waals surface area contributed by atoms with Crippen molar-refractivity contribution in [1.82, 2.24) is 5.32 Å². The highest BCUT2D eigenvalue weighted by atomic mass is 16.5. The predicted molar refractivity (Wildman–Crippen MR) is 67.6 cm³/mol. The van der Waals surface area contributed by atoms with E-state index >= 15 is 0 Å². The Balaban J connectivity index is 2.36. The zero-order valence-corrected chi connectivity index (χ0v) is 10.6. The van der Waals surface area contributed by atoms with Crippen LogP contribution in [0.5, 0.6) is 5.75 Å². The fourth-order valence-electron chi connectivity index (χ4n) is 1.90. The summed E-state index contributed by atoms with van der Waals surface area (Å²) in [7, 11) is 1.54. The Morgan fingerprint density at radius 3 is 2.67 bits per heavy atom. The Kier molecular flexibility index (Phi) is 3.23. The highest BCUT2D eigenvalue weighted by molar-refractivity contribution is 6.16. The molecule has 3 amide bonds. The van der Waals surface area contributed by atoms with Crippen molar-refractivity contribution in [2.75, 3.05) is 12.0 Å². The molecule has 2 unspecified atom stereocenters. The number of urea groups is 1. The highest BCUT2D eigenvalue weighted by Crippen LogP contribution is 2.25. The van der Waals surface area contributed by atoms with E-state index in [4.69, 9.17) is 4.74 Å². The van der Waals surface area contributed by atoms with E-state index < -0.39 is 0 Å². The second-order valence-electron chi connectivity index (χ2n) is 4.40. The average Bonchev–Trinajstić information content (AvgIpc) is 2.36.